The van der Waals surface area contributed by atoms with Crippen molar-refractivity contribution in [2.45, 2.75) is 56.3 Å². The molecule has 9 nitrogen and oxygen atoms in total. The molecule has 3 heterocycles. The fourth-order valence-electron chi connectivity index (χ4n) is 4.85. The van der Waals surface area contributed by atoms with Crippen LogP contribution in [0.4, 0.5) is 5.82 Å². The summed E-state index contributed by atoms with van der Waals surface area (Å²) < 4.78 is 7.18. The summed E-state index contributed by atoms with van der Waals surface area (Å²) >= 11 is 0. The van der Waals surface area contributed by atoms with Gasteiger partial charge in [0, 0.05) is 6.04 Å². The van der Waals surface area contributed by atoms with E-state index >= 15 is 0 Å². The van der Waals surface area contributed by atoms with Gasteiger partial charge in [-0.05, 0) is 31.1 Å². The highest BCUT2D eigenvalue weighted by Crippen LogP contribution is 2.45. The van der Waals surface area contributed by atoms with Gasteiger partial charge in [-0.3, -0.25) is 4.57 Å². The van der Waals surface area contributed by atoms with Crippen LogP contribution < -0.4 is 5.32 Å². The Morgan fingerprint density at radius 3 is 2.73 bits per heavy atom. The van der Waals surface area contributed by atoms with E-state index in [4.69, 9.17) is 4.74 Å². The van der Waals surface area contributed by atoms with Crippen molar-refractivity contribution in [3.05, 3.63) is 12.7 Å². The Kier molecular flexibility index (Phi) is 3.85. The van der Waals surface area contributed by atoms with Crippen molar-refractivity contribution in [2.75, 3.05) is 11.9 Å². The van der Waals surface area contributed by atoms with E-state index in [1.165, 1.54) is 38.3 Å². The monoisotopic (exact) mass is 361 g/mol. The molecule has 2 aromatic rings. The molecule has 140 valence electrons. The van der Waals surface area contributed by atoms with Crippen LogP contribution in [0.15, 0.2) is 12.7 Å². The van der Waals surface area contributed by atoms with Crippen molar-refractivity contribution >= 4 is 17.0 Å². The van der Waals surface area contributed by atoms with Crippen LogP contribution in [0, 0.1) is 11.8 Å². The minimum Gasteiger partial charge on any atom is -0.394 e. The number of nitrogens with zero attached hydrogens (tertiary/aromatic N) is 4. The Hall–Kier alpha value is -1.81. The number of nitrogens with one attached hydrogen (secondary N) is 1. The molecule has 0 aromatic carbocycles. The third kappa shape index (κ3) is 2.42. The Bertz CT molecular complexity index is 814. The van der Waals surface area contributed by atoms with Gasteiger partial charge in [-0.15, -0.1) is 0 Å². The molecule has 7 atom stereocenters. The van der Waals surface area contributed by atoms with E-state index < -0.39 is 24.5 Å². The predicted octanol–water partition coefficient (Wildman–Crippen LogP) is 0.0383. The molecular weight excluding hydrogens is 338 g/mol. The first kappa shape index (κ1) is 16.4. The molecule has 0 amide bonds. The Balaban J connectivity index is 1.44. The van der Waals surface area contributed by atoms with Gasteiger partial charge in [-0.25, -0.2) is 15.0 Å². The van der Waals surface area contributed by atoms with Gasteiger partial charge in [0.25, 0.3) is 0 Å². The van der Waals surface area contributed by atoms with Crippen LogP contribution in [0.1, 0.15) is 31.9 Å². The second-order valence-electron chi connectivity index (χ2n) is 7.70. The second-order valence-corrected chi connectivity index (χ2v) is 7.70. The fourth-order valence-corrected chi connectivity index (χ4v) is 4.85. The van der Waals surface area contributed by atoms with Gasteiger partial charge >= 0.3 is 0 Å². The molecule has 2 aromatic heterocycles. The summed E-state index contributed by atoms with van der Waals surface area (Å²) in [7, 11) is 0. The first-order valence-electron chi connectivity index (χ1n) is 9.22. The van der Waals surface area contributed by atoms with Gasteiger partial charge in [0.1, 0.15) is 24.6 Å². The van der Waals surface area contributed by atoms with Gasteiger partial charge in [-0.2, -0.15) is 0 Å². The first-order chi connectivity index (χ1) is 12.7. The van der Waals surface area contributed by atoms with Crippen LogP contribution in [0.5, 0.6) is 0 Å². The molecule has 2 unspecified atom stereocenters. The summed E-state index contributed by atoms with van der Waals surface area (Å²) in [4.78, 5) is 13.1. The Morgan fingerprint density at radius 2 is 2.04 bits per heavy atom. The summed E-state index contributed by atoms with van der Waals surface area (Å²) in [6.07, 6.45) is 4.07. The average molecular weight is 361 g/mol. The molecule has 1 aliphatic heterocycles. The van der Waals surface area contributed by atoms with E-state index in [0.717, 1.165) is 5.92 Å². The van der Waals surface area contributed by atoms with E-state index in [0.29, 0.717) is 28.9 Å². The summed E-state index contributed by atoms with van der Waals surface area (Å²) in [6, 6.07) is 0.422. The second kappa shape index (κ2) is 6.12. The van der Waals surface area contributed by atoms with Gasteiger partial charge in [0.15, 0.2) is 23.2 Å². The van der Waals surface area contributed by atoms with Gasteiger partial charge in [-0.1, -0.05) is 6.42 Å². The number of aromatic nitrogens is 4. The maximum Gasteiger partial charge on any atom is 0.167 e. The van der Waals surface area contributed by atoms with Gasteiger partial charge in [0.2, 0.25) is 0 Å². The highest BCUT2D eigenvalue weighted by molar-refractivity contribution is 5.82. The number of aliphatic hydroxyl groups excluding tert-OH is 3. The van der Waals surface area contributed by atoms with Gasteiger partial charge < -0.3 is 25.4 Å². The number of anilines is 1. The standard InChI is InChI=1S/C17H23N5O4/c23-5-11-13(24)14(25)17(26-11)22-7-20-12-15(18-6-19-16(12)22)21-10-4-8-1-2-9(10)3-8/h6-11,13-14,17,23-25H,1-5H2,(H,18,19,21)/t8?,9?,10-,11-,13-,14-,17-/m1/s1. The molecule has 3 aliphatic rings. The van der Waals surface area contributed by atoms with Crippen molar-refractivity contribution in [2.24, 2.45) is 11.8 Å². The number of aliphatic hydroxyl groups is 3. The van der Waals surface area contributed by atoms with E-state index in [1.807, 2.05) is 0 Å². The number of hydrogen-bond donors (Lipinski definition) is 4. The number of ether oxygens (including phenoxy) is 1. The van der Waals surface area contributed by atoms with Crippen molar-refractivity contribution in [3.8, 4) is 0 Å². The van der Waals surface area contributed by atoms with Crippen molar-refractivity contribution < 1.29 is 20.1 Å². The van der Waals surface area contributed by atoms with E-state index in [1.54, 1.807) is 4.57 Å². The lowest BCUT2D eigenvalue weighted by Gasteiger charge is -2.23. The number of hydrogen-bond acceptors (Lipinski definition) is 8. The molecule has 2 aliphatic carbocycles. The topological polar surface area (TPSA) is 126 Å². The lowest BCUT2D eigenvalue weighted by atomic mass is 9.95. The molecule has 2 bridgehead atoms. The summed E-state index contributed by atoms with van der Waals surface area (Å²) in [5.74, 6) is 2.22. The van der Waals surface area contributed by atoms with E-state index in [2.05, 4.69) is 20.3 Å². The van der Waals surface area contributed by atoms with Crippen LogP contribution in [0.2, 0.25) is 0 Å². The molecule has 4 N–H and O–H groups in total. The molecule has 26 heavy (non-hydrogen) atoms. The van der Waals surface area contributed by atoms with E-state index in [-0.39, 0.29) is 6.61 Å². The van der Waals surface area contributed by atoms with Crippen molar-refractivity contribution in [1.29, 1.82) is 0 Å². The number of fused-ring (bicyclic) bond motifs is 3. The SMILES string of the molecule is OC[C@H]1O[C@@H](n2cnc3c(N[C@@H]4CC5CCC4C5)ncnc32)[C@H](O)[C@@H]1O. The molecule has 2 saturated carbocycles. The zero-order chi connectivity index (χ0) is 17.8. The lowest BCUT2D eigenvalue weighted by Crippen LogP contribution is -2.33. The van der Waals surface area contributed by atoms with Gasteiger partial charge in [0.05, 0.1) is 12.9 Å². The zero-order valence-electron chi connectivity index (χ0n) is 14.3. The molecular formula is C17H23N5O4. The Labute approximate surface area is 150 Å². The molecule has 9 heteroatoms. The largest absolute Gasteiger partial charge is 0.394 e. The summed E-state index contributed by atoms with van der Waals surface area (Å²) in [5.41, 5.74) is 1.15. The van der Waals surface area contributed by atoms with Crippen LogP contribution in [-0.2, 0) is 4.74 Å². The van der Waals surface area contributed by atoms with Crippen LogP contribution in [-0.4, -0.2) is 65.8 Å². The molecule has 1 saturated heterocycles. The maximum absolute atomic E-state index is 10.3. The normalized spacial score (nSPS) is 39.1. The molecule has 5 rings (SSSR count). The van der Waals surface area contributed by atoms with Crippen LogP contribution >= 0.6 is 0 Å². The average Bonchev–Trinajstić information content (AvgIpc) is 3.41. The quantitative estimate of drug-likeness (QED) is 0.601. The minimum absolute atomic E-state index is 0.368. The fraction of sp³-hybridized carbons (Fsp3) is 0.706. The molecule has 0 spiro atoms. The van der Waals surface area contributed by atoms with Crippen LogP contribution in [0.3, 0.4) is 0 Å². The van der Waals surface area contributed by atoms with Crippen molar-refractivity contribution in [3.63, 3.8) is 0 Å². The zero-order valence-corrected chi connectivity index (χ0v) is 14.3. The molecule has 3 fully saturated rings. The maximum atomic E-state index is 10.3. The number of rotatable bonds is 4. The lowest BCUT2D eigenvalue weighted by molar-refractivity contribution is -0.0511. The number of imidazole rings is 1. The smallest absolute Gasteiger partial charge is 0.167 e. The highest BCUT2D eigenvalue weighted by atomic mass is 16.6. The Morgan fingerprint density at radius 1 is 1.15 bits per heavy atom. The van der Waals surface area contributed by atoms with Crippen molar-refractivity contribution in [1.82, 2.24) is 19.5 Å². The summed E-state index contributed by atoms with van der Waals surface area (Å²) in [5, 5.41) is 33.1. The highest BCUT2D eigenvalue weighted by Gasteiger charge is 2.44. The summed E-state index contributed by atoms with van der Waals surface area (Å²) in [6.45, 7) is -0.368. The third-order valence-electron chi connectivity index (χ3n) is 6.21. The van der Waals surface area contributed by atoms with Crippen LogP contribution in [0.25, 0.3) is 11.2 Å². The molecule has 0 radical (unpaired) electrons. The first-order valence-corrected chi connectivity index (χ1v) is 9.22. The minimum atomic E-state index is -1.17. The third-order valence-corrected chi connectivity index (χ3v) is 6.21. The van der Waals surface area contributed by atoms with E-state index in [9.17, 15) is 15.3 Å². The predicted molar refractivity (Wildman–Crippen MR) is 91.2 cm³/mol.